The number of hydrogen-bond donors (Lipinski definition) is 3. The van der Waals surface area contributed by atoms with E-state index in [0.717, 1.165) is 5.69 Å². The lowest BCUT2D eigenvalue weighted by molar-refractivity contribution is -0.138. The molecule has 7 nitrogen and oxygen atoms in total. The molecule has 1 rings (SSSR count). The van der Waals surface area contributed by atoms with Gasteiger partial charge in [0.2, 0.25) is 0 Å². The molecule has 8 heteroatoms. The number of likely N-dealkylation sites (N-methyl/N-ethyl adjacent to an activating group) is 1. The number of nitrogens with zero attached hydrogens (tertiary/aromatic N) is 1. The predicted octanol–water partition coefficient (Wildman–Crippen LogP) is 1.96. The van der Waals surface area contributed by atoms with Gasteiger partial charge < -0.3 is 20.2 Å². The molecule has 0 aliphatic rings. The van der Waals surface area contributed by atoms with E-state index in [9.17, 15) is 14.4 Å². The maximum absolute atomic E-state index is 10.7. The normalized spacial score (nSPS) is 11.2. The second-order valence-electron chi connectivity index (χ2n) is 4.11. The zero-order valence-electron chi connectivity index (χ0n) is 11.9. The van der Waals surface area contributed by atoms with E-state index in [1.165, 1.54) is 0 Å². The number of hydrogen-bond acceptors (Lipinski definition) is 4. The molecule has 1 unspecified atom stereocenters. The molecule has 0 aliphatic heterocycles. The lowest BCUT2D eigenvalue weighted by atomic mass is 10.2. The minimum atomic E-state index is -1.26. The first-order valence-electron chi connectivity index (χ1n) is 6.00. The van der Waals surface area contributed by atoms with Gasteiger partial charge in [-0.3, -0.25) is 0 Å². The van der Waals surface area contributed by atoms with Crippen LogP contribution in [0.5, 0.6) is 0 Å². The summed E-state index contributed by atoms with van der Waals surface area (Å²) in [7, 11) is 1.74. The molecule has 1 atom stereocenters. The van der Waals surface area contributed by atoms with E-state index in [4.69, 9.17) is 26.9 Å². The first kappa shape index (κ1) is 19.5. The molecule has 0 bridgehead atoms. The van der Waals surface area contributed by atoms with Gasteiger partial charge in [0.1, 0.15) is 6.04 Å². The topological polar surface area (TPSA) is 115 Å². The van der Waals surface area contributed by atoms with Crippen LogP contribution < -0.4 is 4.90 Å². The van der Waals surface area contributed by atoms with Crippen molar-refractivity contribution in [3.05, 3.63) is 41.4 Å². The van der Waals surface area contributed by atoms with E-state index < -0.39 is 23.9 Å². The molecule has 0 saturated heterocycles. The summed E-state index contributed by atoms with van der Waals surface area (Å²) < 4.78 is 0. The molecule has 0 aromatic heterocycles. The van der Waals surface area contributed by atoms with E-state index in [2.05, 4.69) is 0 Å². The van der Waals surface area contributed by atoms with Crippen LogP contribution in [0.3, 0.4) is 0 Å². The highest BCUT2D eigenvalue weighted by Gasteiger charge is 2.16. The summed E-state index contributed by atoms with van der Waals surface area (Å²) in [4.78, 5) is 31.5. The fourth-order valence-electron chi connectivity index (χ4n) is 1.21. The van der Waals surface area contributed by atoms with Crippen molar-refractivity contribution in [2.24, 2.45) is 0 Å². The molecule has 120 valence electrons. The van der Waals surface area contributed by atoms with Crippen molar-refractivity contribution < 1.29 is 29.7 Å². The highest BCUT2D eigenvalue weighted by molar-refractivity contribution is 6.30. The van der Waals surface area contributed by atoms with Crippen molar-refractivity contribution in [1.29, 1.82) is 0 Å². The van der Waals surface area contributed by atoms with Crippen molar-refractivity contribution in [2.75, 3.05) is 11.9 Å². The number of rotatable bonds is 5. The third-order valence-electron chi connectivity index (χ3n) is 2.54. The van der Waals surface area contributed by atoms with E-state index >= 15 is 0 Å². The quantitative estimate of drug-likeness (QED) is 0.707. The highest BCUT2D eigenvalue weighted by atomic mass is 35.5. The largest absolute Gasteiger partial charge is 0.480 e. The zero-order valence-corrected chi connectivity index (χ0v) is 12.7. The minimum Gasteiger partial charge on any atom is -0.480 e. The maximum Gasteiger partial charge on any atom is 0.328 e. The van der Waals surface area contributed by atoms with Crippen LogP contribution in [0.25, 0.3) is 0 Å². The molecular weight excluding hydrogens is 314 g/mol. The Balaban J connectivity index is 0.000000472. The Hall–Kier alpha value is -2.54. The molecule has 0 aliphatic carbocycles. The number of anilines is 1. The lowest BCUT2D eigenvalue weighted by Gasteiger charge is -2.23. The maximum atomic E-state index is 10.7. The fraction of sp³-hybridized carbons (Fsp3) is 0.214. The van der Waals surface area contributed by atoms with E-state index in [-0.39, 0.29) is 0 Å². The third kappa shape index (κ3) is 7.91. The molecule has 22 heavy (non-hydrogen) atoms. The van der Waals surface area contributed by atoms with Gasteiger partial charge in [0, 0.05) is 29.9 Å². The van der Waals surface area contributed by atoms with Crippen LogP contribution in [-0.4, -0.2) is 46.3 Å². The minimum absolute atomic E-state index is 0.545. The van der Waals surface area contributed by atoms with Crippen LogP contribution in [0.1, 0.15) is 6.92 Å². The van der Waals surface area contributed by atoms with Crippen molar-refractivity contribution in [3.63, 3.8) is 0 Å². The Kier molecular flexibility index (Phi) is 8.32. The molecule has 0 amide bonds. The number of benzene rings is 1. The smallest absolute Gasteiger partial charge is 0.328 e. The van der Waals surface area contributed by atoms with Crippen molar-refractivity contribution in [1.82, 2.24) is 0 Å². The number of aliphatic carboxylic acids is 3. The Morgan fingerprint density at radius 2 is 1.45 bits per heavy atom. The van der Waals surface area contributed by atoms with E-state index in [1.807, 2.05) is 0 Å². The Morgan fingerprint density at radius 3 is 1.77 bits per heavy atom. The molecule has 0 saturated carbocycles. The first-order valence-corrected chi connectivity index (χ1v) is 6.38. The van der Waals surface area contributed by atoms with Crippen molar-refractivity contribution in [2.45, 2.75) is 13.0 Å². The van der Waals surface area contributed by atoms with Crippen LogP contribution >= 0.6 is 11.6 Å². The number of halogens is 1. The van der Waals surface area contributed by atoms with Crippen LogP contribution in [0.4, 0.5) is 5.69 Å². The molecular formula is C14H16ClNO6. The molecule has 0 spiro atoms. The highest BCUT2D eigenvalue weighted by Crippen LogP contribution is 2.18. The number of carboxylic acid groups (broad SMARTS) is 3. The van der Waals surface area contributed by atoms with Crippen LogP contribution in [0.2, 0.25) is 5.02 Å². The van der Waals surface area contributed by atoms with Crippen LogP contribution in [0.15, 0.2) is 36.4 Å². The van der Waals surface area contributed by atoms with Crippen LogP contribution in [0, 0.1) is 0 Å². The summed E-state index contributed by atoms with van der Waals surface area (Å²) in [6.45, 7) is 1.64. The molecule has 0 fully saturated rings. The van der Waals surface area contributed by atoms with Gasteiger partial charge in [-0.05, 0) is 31.2 Å². The Labute approximate surface area is 132 Å². The molecule has 1 aromatic carbocycles. The predicted molar refractivity (Wildman–Crippen MR) is 81.4 cm³/mol. The molecule has 0 radical (unpaired) electrons. The first-order chi connectivity index (χ1) is 10.1. The summed E-state index contributed by atoms with van der Waals surface area (Å²) in [5.41, 5.74) is 0.837. The number of carbonyl (C=O) groups is 3. The Morgan fingerprint density at radius 1 is 1.05 bits per heavy atom. The van der Waals surface area contributed by atoms with Gasteiger partial charge >= 0.3 is 17.9 Å². The van der Waals surface area contributed by atoms with Gasteiger partial charge in [-0.15, -0.1) is 0 Å². The van der Waals surface area contributed by atoms with E-state index in [1.54, 1.807) is 43.1 Å². The van der Waals surface area contributed by atoms with Gasteiger partial charge in [-0.2, -0.15) is 0 Å². The van der Waals surface area contributed by atoms with Gasteiger partial charge in [-0.25, -0.2) is 14.4 Å². The third-order valence-corrected chi connectivity index (χ3v) is 2.79. The second-order valence-corrected chi connectivity index (χ2v) is 4.55. The monoisotopic (exact) mass is 329 g/mol. The van der Waals surface area contributed by atoms with Crippen molar-refractivity contribution in [3.8, 4) is 0 Å². The average Bonchev–Trinajstić information content (AvgIpc) is 2.45. The SMILES string of the molecule is CC(C(=O)O)N(C)c1ccc(Cl)cc1.O=C(O)/C=C\C(=O)O. The van der Waals surface area contributed by atoms with Gasteiger partial charge in [-0.1, -0.05) is 11.6 Å². The molecule has 1 aromatic rings. The summed E-state index contributed by atoms with van der Waals surface area (Å²) in [6.07, 6.45) is 1.12. The summed E-state index contributed by atoms with van der Waals surface area (Å²) in [5, 5.41) is 25.1. The van der Waals surface area contributed by atoms with E-state index in [0.29, 0.717) is 17.2 Å². The summed E-state index contributed by atoms with van der Waals surface area (Å²) in [6, 6.07) is 6.52. The number of carboxylic acids is 3. The van der Waals surface area contributed by atoms with Gasteiger partial charge in [0.05, 0.1) is 0 Å². The van der Waals surface area contributed by atoms with Gasteiger partial charge in [0.15, 0.2) is 0 Å². The molecule has 0 heterocycles. The van der Waals surface area contributed by atoms with Crippen molar-refractivity contribution >= 4 is 35.2 Å². The summed E-state index contributed by atoms with van der Waals surface area (Å²) >= 11 is 5.72. The summed E-state index contributed by atoms with van der Waals surface area (Å²) in [5.74, 6) is -3.36. The lowest BCUT2D eigenvalue weighted by Crippen LogP contribution is -2.35. The Bertz CT molecular complexity index is 539. The standard InChI is InChI=1S/C10H12ClNO2.C4H4O4/c1-7(10(13)14)12(2)9-5-3-8(11)4-6-9;5-3(6)1-2-4(7)8/h3-7H,1-2H3,(H,13,14);1-2H,(H,5,6)(H,7,8)/b;2-1-. The molecule has 3 N–H and O–H groups in total. The fourth-order valence-corrected chi connectivity index (χ4v) is 1.33. The zero-order chi connectivity index (χ0) is 17.3. The van der Waals surface area contributed by atoms with Crippen LogP contribution in [-0.2, 0) is 14.4 Å². The van der Waals surface area contributed by atoms with Gasteiger partial charge in [0.25, 0.3) is 0 Å². The average molecular weight is 330 g/mol. The second kappa shape index (κ2) is 9.41.